The van der Waals surface area contributed by atoms with Crippen LogP contribution in [0, 0.1) is 0 Å². The van der Waals surface area contributed by atoms with Gasteiger partial charge in [-0.15, -0.1) is 13.2 Å². The molecular weight excluding hydrogens is 227 g/mol. The third kappa shape index (κ3) is 8.09. The first-order valence-corrected chi connectivity index (χ1v) is 2.77. The molecule has 7 heteroatoms. The number of hydrogen-bond donors (Lipinski definition) is 0. The van der Waals surface area contributed by atoms with Gasteiger partial charge in [0.05, 0.1) is 0 Å². The molecule has 0 radical (unpaired) electrons. The first-order valence-electron chi connectivity index (χ1n) is 1.98. The van der Waals surface area contributed by atoms with Crippen LogP contribution < -0.4 is 0 Å². The molecular formula is C3H2BrF5O. The van der Waals surface area contributed by atoms with Crippen LogP contribution in [-0.2, 0) is 4.74 Å². The molecule has 0 saturated heterocycles. The third-order valence-electron chi connectivity index (χ3n) is 0.399. The molecule has 0 fully saturated rings. The first kappa shape index (κ1) is 10.1. The lowest BCUT2D eigenvalue weighted by atomic mass is 10.8. The summed E-state index contributed by atoms with van der Waals surface area (Å²) in [4.78, 5) is -3.62. The molecule has 62 valence electrons. The van der Waals surface area contributed by atoms with E-state index in [1.165, 1.54) is 0 Å². The molecule has 0 N–H and O–H groups in total. The van der Waals surface area contributed by atoms with E-state index in [1.807, 2.05) is 0 Å². The Bertz CT molecular complexity index is 90.4. The molecule has 0 spiro atoms. The lowest BCUT2D eigenvalue weighted by Gasteiger charge is -2.10. The van der Waals surface area contributed by atoms with E-state index < -0.39 is 17.8 Å². The second-order valence-corrected chi connectivity index (χ2v) is 2.51. The SMILES string of the molecule is FC(F)(Br)COC(F)(F)F. The van der Waals surface area contributed by atoms with Crippen LogP contribution >= 0.6 is 15.9 Å². The Hall–Kier alpha value is 0.0900. The Morgan fingerprint density at radius 3 is 1.60 bits per heavy atom. The number of rotatable bonds is 2. The Balaban J connectivity index is 3.56. The average molecular weight is 229 g/mol. The predicted octanol–water partition coefficient (Wildman–Crippen LogP) is 2.51. The summed E-state index contributed by atoms with van der Waals surface area (Å²) in [5.41, 5.74) is 0. The second-order valence-electron chi connectivity index (χ2n) is 1.35. The van der Waals surface area contributed by atoms with Crippen molar-refractivity contribution in [3.63, 3.8) is 0 Å². The summed E-state index contributed by atoms with van der Waals surface area (Å²) in [7, 11) is 0. The normalized spacial score (nSPS) is 13.8. The van der Waals surface area contributed by atoms with Crippen molar-refractivity contribution in [1.29, 1.82) is 0 Å². The van der Waals surface area contributed by atoms with Gasteiger partial charge in [0.15, 0.2) is 0 Å². The van der Waals surface area contributed by atoms with E-state index in [0.717, 1.165) is 0 Å². The largest absolute Gasteiger partial charge is 0.522 e. The molecule has 1 nitrogen and oxygen atoms in total. The monoisotopic (exact) mass is 228 g/mol. The number of ether oxygens (including phenoxy) is 1. The maximum Gasteiger partial charge on any atom is 0.522 e. The molecule has 10 heavy (non-hydrogen) atoms. The van der Waals surface area contributed by atoms with Gasteiger partial charge in [-0.1, -0.05) is 0 Å². The zero-order valence-electron chi connectivity index (χ0n) is 4.38. The molecule has 0 aliphatic heterocycles. The molecule has 0 rings (SSSR count). The molecule has 0 heterocycles. The number of hydrogen-bond acceptors (Lipinski definition) is 1. The van der Waals surface area contributed by atoms with Crippen molar-refractivity contribution in [3.8, 4) is 0 Å². The van der Waals surface area contributed by atoms with Gasteiger partial charge in [0.2, 0.25) is 0 Å². The summed E-state index contributed by atoms with van der Waals surface area (Å²) in [6.45, 7) is -1.71. The van der Waals surface area contributed by atoms with Crippen molar-refractivity contribution in [1.82, 2.24) is 0 Å². The van der Waals surface area contributed by atoms with Gasteiger partial charge in [0.25, 0.3) is 0 Å². The van der Waals surface area contributed by atoms with Gasteiger partial charge in [-0.2, -0.15) is 8.78 Å². The van der Waals surface area contributed by atoms with Gasteiger partial charge < -0.3 is 0 Å². The lowest BCUT2D eigenvalue weighted by molar-refractivity contribution is -0.334. The van der Waals surface area contributed by atoms with E-state index in [4.69, 9.17) is 0 Å². The van der Waals surface area contributed by atoms with Crippen molar-refractivity contribution in [2.45, 2.75) is 11.2 Å². The van der Waals surface area contributed by atoms with E-state index in [1.54, 1.807) is 15.9 Å². The summed E-state index contributed by atoms with van der Waals surface area (Å²) in [5, 5.41) is 0. The van der Waals surface area contributed by atoms with Crippen LogP contribution in [0.25, 0.3) is 0 Å². The van der Waals surface area contributed by atoms with Crippen LogP contribution in [0.5, 0.6) is 0 Å². The van der Waals surface area contributed by atoms with E-state index >= 15 is 0 Å². The van der Waals surface area contributed by atoms with Crippen LogP contribution in [0.3, 0.4) is 0 Å². The molecule has 0 aliphatic carbocycles. The van der Waals surface area contributed by atoms with Crippen LogP contribution in [0.15, 0.2) is 0 Å². The minimum absolute atomic E-state index is 1.67. The summed E-state index contributed by atoms with van der Waals surface area (Å²) < 4.78 is 58.9. The fourth-order valence-corrected chi connectivity index (χ4v) is 0.278. The summed E-state index contributed by atoms with van der Waals surface area (Å²) in [6.07, 6.45) is -5.00. The van der Waals surface area contributed by atoms with Crippen LogP contribution in [0.1, 0.15) is 0 Å². The molecule has 0 aromatic rings. The zero-order valence-corrected chi connectivity index (χ0v) is 5.97. The fraction of sp³-hybridized carbons (Fsp3) is 1.00. The molecule has 0 saturated carbocycles. The highest BCUT2D eigenvalue weighted by Crippen LogP contribution is 2.26. The van der Waals surface area contributed by atoms with Crippen molar-refractivity contribution >= 4 is 15.9 Å². The smallest absolute Gasteiger partial charge is 0.285 e. The molecule has 0 atom stereocenters. The quantitative estimate of drug-likeness (QED) is 0.522. The van der Waals surface area contributed by atoms with E-state index in [-0.39, 0.29) is 0 Å². The van der Waals surface area contributed by atoms with Crippen molar-refractivity contribution in [2.75, 3.05) is 6.61 Å². The average Bonchev–Trinajstić information content (AvgIpc) is 1.57. The lowest BCUT2D eigenvalue weighted by Crippen LogP contribution is -2.23. The maximum absolute atomic E-state index is 11.5. The Morgan fingerprint density at radius 2 is 1.50 bits per heavy atom. The fourth-order valence-electron chi connectivity index (χ4n) is 0.164. The standard InChI is InChI=1S/C3H2BrF5O/c4-2(5,6)1-10-3(7,8)9/h1H2. The van der Waals surface area contributed by atoms with Gasteiger partial charge in [0, 0.05) is 0 Å². The first-order chi connectivity index (χ1) is 4.21. The van der Waals surface area contributed by atoms with Gasteiger partial charge in [-0.05, 0) is 15.9 Å². The third-order valence-corrected chi connectivity index (χ3v) is 0.628. The van der Waals surface area contributed by atoms with Crippen LogP contribution in [-0.4, -0.2) is 17.8 Å². The van der Waals surface area contributed by atoms with Gasteiger partial charge >= 0.3 is 11.2 Å². The number of alkyl halides is 6. The highest BCUT2D eigenvalue weighted by Gasteiger charge is 2.35. The molecule has 0 aliphatic rings. The summed E-state index contributed by atoms with van der Waals surface area (Å²) in [5.74, 6) is 0. The minimum Gasteiger partial charge on any atom is -0.285 e. The maximum atomic E-state index is 11.5. The molecule has 0 aromatic carbocycles. The highest BCUT2D eigenvalue weighted by molar-refractivity contribution is 9.10. The molecule has 0 aromatic heterocycles. The zero-order chi connectivity index (χ0) is 8.41. The number of halogens is 6. The second kappa shape index (κ2) is 3.00. The molecule has 0 amide bonds. The molecule has 0 unspecified atom stereocenters. The van der Waals surface area contributed by atoms with Crippen molar-refractivity contribution in [3.05, 3.63) is 0 Å². The van der Waals surface area contributed by atoms with Crippen LogP contribution in [0.4, 0.5) is 22.0 Å². The van der Waals surface area contributed by atoms with E-state index in [2.05, 4.69) is 4.74 Å². The summed E-state index contributed by atoms with van der Waals surface area (Å²) >= 11 is 1.67. The minimum atomic E-state index is -5.00. The molecule has 0 bridgehead atoms. The van der Waals surface area contributed by atoms with E-state index in [0.29, 0.717) is 0 Å². The van der Waals surface area contributed by atoms with Gasteiger partial charge in [0.1, 0.15) is 6.61 Å². The topological polar surface area (TPSA) is 9.23 Å². The predicted molar refractivity (Wildman–Crippen MR) is 25.9 cm³/mol. The van der Waals surface area contributed by atoms with Gasteiger partial charge in [-0.25, -0.2) is 0 Å². The van der Waals surface area contributed by atoms with Crippen molar-refractivity contribution < 1.29 is 26.7 Å². The van der Waals surface area contributed by atoms with E-state index in [9.17, 15) is 22.0 Å². The summed E-state index contributed by atoms with van der Waals surface area (Å²) in [6, 6.07) is 0. The Labute approximate surface area is 61.3 Å². The highest BCUT2D eigenvalue weighted by atomic mass is 79.9. The van der Waals surface area contributed by atoms with Crippen molar-refractivity contribution in [2.24, 2.45) is 0 Å². The van der Waals surface area contributed by atoms with Crippen LogP contribution in [0.2, 0.25) is 0 Å². The van der Waals surface area contributed by atoms with Gasteiger partial charge in [-0.3, -0.25) is 4.74 Å². The Kier molecular flexibility index (Phi) is 3.02. The Morgan fingerprint density at radius 1 is 1.10 bits per heavy atom.